The number of fused-ring (bicyclic) bond motifs is 1. The van der Waals surface area contributed by atoms with Crippen molar-refractivity contribution in [2.24, 2.45) is 0 Å². The second-order valence-corrected chi connectivity index (χ2v) is 6.34. The first-order chi connectivity index (χ1) is 13.0. The normalized spacial score (nSPS) is 11.8. The van der Waals surface area contributed by atoms with E-state index in [1.807, 2.05) is 42.5 Å². The molecule has 0 unspecified atom stereocenters. The molecule has 0 spiro atoms. The Hall–Kier alpha value is -3.21. The zero-order chi connectivity index (χ0) is 19.2. The van der Waals surface area contributed by atoms with Gasteiger partial charge in [-0.15, -0.1) is 0 Å². The lowest BCUT2D eigenvalue weighted by molar-refractivity contribution is -0.145. The quantitative estimate of drug-likeness (QED) is 0.681. The van der Waals surface area contributed by atoms with E-state index in [0.29, 0.717) is 5.56 Å². The minimum absolute atomic E-state index is 0.140. The Bertz CT molecular complexity index is 970. The molecule has 0 bridgehead atoms. The molecule has 1 amide bonds. The van der Waals surface area contributed by atoms with Crippen LogP contribution in [0, 0.1) is 5.82 Å². The van der Waals surface area contributed by atoms with Gasteiger partial charge < -0.3 is 10.1 Å². The number of hydrogen-bond acceptors (Lipinski definition) is 3. The van der Waals surface area contributed by atoms with Gasteiger partial charge in [-0.2, -0.15) is 0 Å². The highest BCUT2D eigenvalue weighted by atomic mass is 19.1. The lowest BCUT2D eigenvalue weighted by atomic mass is 10.0. The fourth-order valence-corrected chi connectivity index (χ4v) is 3.01. The lowest BCUT2D eigenvalue weighted by Crippen LogP contribution is -2.43. The van der Waals surface area contributed by atoms with E-state index in [-0.39, 0.29) is 18.7 Å². The maximum Gasteiger partial charge on any atom is 0.328 e. The number of nitrogens with one attached hydrogen (secondary N) is 1. The Morgan fingerprint density at radius 2 is 1.74 bits per heavy atom. The summed E-state index contributed by atoms with van der Waals surface area (Å²) in [6, 6.07) is 18.8. The molecule has 0 aliphatic carbocycles. The van der Waals surface area contributed by atoms with Crippen LogP contribution >= 0.6 is 0 Å². The van der Waals surface area contributed by atoms with Crippen LogP contribution in [0.2, 0.25) is 0 Å². The molecule has 3 aromatic rings. The largest absolute Gasteiger partial charge is 0.467 e. The molecular formula is C22H20FNO3. The molecule has 0 heterocycles. The number of rotatable bonds is 6. The van der Waals surface area contributed by atoms with Crippen LogP contribution in [0.1, 0.15) is 11.1 Å². The molecule has 0 radical (unpaired) electrons. The van der Waals surface area contributed by atoms with Crippen LogP contribution in [0.5, 0.6) is 0 Å². The highest BCUT2D eigenvalue weighted by Crippen LogP contribution is 2.16. The molecule has 4 nitrogen and oxygen atoms in total. The van der Waals surface area contributed by atoms with E-state index in [1.165, 1.54) is 19.2 Å². The highest BCUT2D eigenvalue weighted by molar-refractivity contribution is 5.88. The van der Waals surface area contributed by atoms with E-state index in [9.17, 15) is 14.0 Å². The van der Waals surface area contributed by atoms with Crippen LogP contribution in [-0.4, -0.2) is 25.0 Å². The molecule has 0 aliphatic rings. The van der Waals surface area contributed by atoms with Crippen LogP contribution in [0.4, 0.5) is 4.39 Å². The van der Waals surface area contributed by atoms with Gasteiger partial charge in [0.15, 0.2) is 0 Å². The van der Waals surface area contributed by atoms with Gasteiger partial charge in [0.05, 0.1) is 13.5 Å². The number of benzene rings is 3. The summed E-state index contributed by atoms with van der Waals surface area (Å²) < 4.78 is 18.2. The Labute approximate surface area is 157 Å². The molecule has 0 saturated heterocycles. The number of ether oxygens (including phenoxy) is 1. The summed E-state index contributed by atoms with van der Waals surface area (Å²) in [4.78, 5) is 24.5. The van der Waals surface area contributed by atoms with Gasteiger partial charge in [-0.05, 0) is 34.0 Å². The molecule has 0 fully saturated rings. The molecule has 0 aliphatic heterocycles. The third-order valence-corrected chi connectivity index (χ3v) is 4.33. The maximum atomic E-state index is 13.4. The minimum atomic E-state index is -0.871. The number of esters is 1. The van der Waals surface area contributed by atoms with Gasteiger partial charge in [-0.1, -0.05) is 54.6 Å². The van der Waals surface area contributed by atoms with E-state index in [1.54, 1.807) is 12.1 Å². The van der Waals surface area contributed by atoms with Crippen LogP contribution < -0.4 is 5.32 Å². The summed E-state index contributed by atoms with van der Waals surface area (Å²) in [5.41, 5.74) is 1.46. The molecular weight excluding hydrogens is 345 g/mol. The molecule has 3 rings (SSSR count). The SMILES string of the molecule is COC(=O)[C@@H](Cc1cccc(F)c1)NC(=O)Cc1ccc2ccccc2c1. The number of amides is 1. The van der Waals surface area contributed by atoms with Gasteiger partial charge in [0.1, 0.15) is 11.9 Å². The van der Waals surface area contributed by atoms with Crippen molar-refractivity contribution in [1.82, 2.24) is 5.32 Å². The van der Waals surface area contributed by atoms with E-state index >= 15 is 0 Å². The van der Waals surface area contributed by atoms with Gasteiger partial charge in [-0.3, -0.25) is 4.79 Å². The molecule has 1 atom stereocenters. The van der Waals surface area contributed by atoms with E-state index < -0.39 is 17.8 Å². The van der Waals surface area contributed by atoms with Crippen molar-refractivity contribution >= 4 is 22.6 Å². The topological polar surface area (TPSA) is 55.4 Å². The monoisotopic (exact) mass is 365 g/mol. The van der Waals surface area contributed by atoms with Gasteiger partial charge >= 0.3 is 5.97 Å². The van der Waals surface area contributed by atoms with Crippen LogP contribution in [0.15, 0.2) is 66.7 Å². The molecule has 27 heavy (non-hydrogen) atoms. The molecule has 3 aromatic carbocycles. The van der Waals surface area contributed by atoms with Crippen molar-refractivity contribution < 1.29 is 18.7 Å². The van der Waals surface area contributed by atoms with E-state index in [2.05, 4.69) is 5.32 Å². The molecule has 0 saturated carbocycles. The van der Waals surface area contributed by atoms with Gasteiger partial charge in [0.25, 0.3) is 0 Å². The molecule has 138 valence electrons. The Balaban J connectivity index is 1.70. The number of methoxy groups -OCH3 is 1. The second-order valence-electron chi connectivity index (χ2n) is 6.34. The summed E-state index contributed by atoms with van der Waals surface area (Å²) >= 11 is 0. The zero-order valence-corrected chi connectivity index (χ0v) is 14.9. The van der Waals surface area contributed by atoms with Crippen molar-refractivity contribution in [2.45, 2.75) is 18.9 Å². The average Bonchev–Trinajstić information content (AvgIpc) is 2.66. The molecule has 0 aromatic heterocycles. The van der Waals surface area contributed by atoms with Crippen molar-refractivity contribution in [3.8, 4) is 0 Å². The smallest absolute Gasteiger partial charge is 0.328 e. The Morgan fingerprint density at radius 1 is 0.963 bits per heavy atom. The summed E-state index contributed by atoms with van der Waals surface area (Å²) in [6.45, 7) is 0. The van der Waals surface area contributed by atoms with Gasteiger partial charge in [0.2, 0.25) is 5.91 Å². The standard InChI is InChI=1S/C22H20FNO3/c1-27-22(26)20(13-15-5-4-8-19(23)12-15)24-21(25)14-16-9-10-17-6-2-3-7-18(17)11-16/h2-12,20H,13-14H2,1H3,(H,24,25)/t20-/m1/s1. The van der Waals surface area contributed by atoms with Crippen molar-refractivity contribution in [3.63, 3.8) is 0 Å². The fourth-order valence-electron chi connectivity index (χ4n) is 3.01. The van der Waals surface area contributed by atoms with Crippen LogP contribution in [-0.2, 0) is 27.2 Å². The average molecular weight is 365 g/mol. The maximum absolute atomic E-state index is 13.4. The molecule has 1 N–H and O–H groups in total. The first-order valence-corrected chi connectivity index (χ1v) is 8.64. The van der Waals surface area contributed by atoms with Gasteiger partial charge in [0, 0.05) is 6.42 Å². The first-order valence-electron chi connectivity index (χ1n) is 8.64. The Kier molecular flexibility index (Phi) is 5.81. The predicted molar refractivity (Wildman–Crippen MR) is 102 cm³/mol. The molecule has 5 heteroatoms. The van der Waals surface area contributed by atoms with Crippen molar-refractivity contribution in [3.05, 3.63) is 83.7 Å². The van der Waals surface area contributed by atoms with Crippen LogP contribution in [0.3, 0.4) is 0 Å². The van der Waals surface area contributed by atoms with Crippen molar-refractivity contribution in [2.75, 3.05) is 7.11 Å². The second kappa shape index (κ2) is 8.45. The van der Waals surface area contributed by atoms with Crippen molar-refractivity contribution in [1.29, 1.82) is 0 Å². The first kappa shape index (κ1) is 18.6. The number of carbonyl (C=O) groups excluding carboxylic acids is 2. The predicted octanol–water partition coefficient (Wildman–Crippen LogP) is 3.42. The number of carbonyl (C=O) groups is 2. The Morgan fingerprint density at radius 3 is 2.48 bits per heavy atom. The summed E-state index contributed by atoms with van der Waals surface area (Å²) in [7, 11) is 1.26. The minimum Gasteiger partial charge on any atom is -0.467 e. The van der Waals surface area contributed by atoms with E-state index in [0.717, 1.165) is 16.3 Å². The van der Waals surface area contributed by atoms with E-state index in [4.69, 9.17) is 4.74 Å². The summed E-state index contributed by atoms with van der Waals surface area (Å²) in [5, 5.41) is 4.84. The third-order valence-electron chi connectivity index (χ3n) is 4.33. The zero-order valence-electron chi connectivity index (χ0n) is 14.9. The number of hydrogen-bond donors (Lipinski definition) is 1. The lowest BCUT2D eigenvalue weighted by Gasteiger charge is -2.17. The summed E-state index contributed by atoms with van der Waals surface area (Å²) in [5.74, 6) is -1.25. The highest BCUT2D eigenvalue weighted by Gasteiger charge is 2.22. The van der Waals surface area contributed by atoms with Gasteiger partial charge in [-0.25, -0.2) is 9.18 Å². The third kappa shape index (κ3) is 4.91. The summed E-state index contributed by atoms with van der Waals surface area (Å²) in [6.07, 6.45) is 0.301. The number of halogens is 1. The van der Waals surface area contributed by atoms with Crippen LogP contribution in [0.25, 0.3) is 10.8 Å². The fraction of sp³-hybridized carbons (Fsp3) is 0.182.